The summed E-state index contributed by atoms with van der Waals surface area (Å²) in [5.74, 6) is 0.0478. The average Bonchev–Trinajstić information content (AvgIpc) is 3.19. The smallest absolute Gasteiger partial charge is 0.247 e. The topological polar surface area (TPSA) is 70.5 Å². The molecular weight excluding hydrogens is 342 g/mol. The Labute approximate surface area is 159 Å². The molecule has 27 heavy (non-hydrogen) atoms. The van der Waals surface area contributed by atoms with E-state index in [2.05, 4.69) is 15.3 Å². The predicted octanol–water partition coefficient (Wildman–Crippen LogP) is 1.84. The first-order chi connectivity index (χ1) is 13.0. The molecule has 7 heteroatoms. The Morgan fingerprint density at radius 3 is 2.56 bits per heavy atom. The molecular formula is C20H27N5O2. The van der Waals surface area contributed by atoms with E-state index in [1.165, 1.54) is 0 Å². The van der Waals surface area contributed by atoms with Gasteiger partial charge in [0.25, 0.3) is 0 Å². The van der Waals surface area contributed by atoms with Crippen LogP contribution in [0.3, 0.4) is 0 Å². The van der Waals surface area contributed by atoms with Crippen LogP contribution >= 0.6 is 0 Å². The lowest BCUT2D eigenvalue weighted by molar-refractivity contribution is -0.136. The molecule has 1 aromatic carbocycles. The molecule has 1 aliphatic heterocycles. The molecule has 2 heterocycles. The number of piperazine rings is 1. The number of nitrogens with one attached hydrogen (secondary N) is 1. The minimum Gasteiger partial charge on any atom is -0.338 e. The molecule has 1 aliphatic rings. The normalized spacial score (nSPS) is 16.2. The number of amides is 2. The largest absolute Gasteiger partial charge is 0.338 e. The summed E-state index contributed by atoms with van der Waals surface area (Å²) in [6, 6.07) is 7.41. The Bertz CT molecular complexity index is 795. The monoisotopic (exact) mass is 369 g/mol. The van der Waals surface area contributed by atoms with E-state index < -0.39 is 0 Å². The second-order valence-electron chi connectivity index (χ2n) is 7.06. The van der Waals surface area contributed by atoms with Crippen molar-refractivity contribution in [3.63, 3.8) is 0 Å². The summed E-state index contributed by atoms with van der Waals surface area (Å²) in [5.41, 5.74) is 3.11. The van der Waals surface area contributed by atoms with Crippen molar-refractivity contribution in [1.82, 2.24) is 19.6 Å². The number of hydrogen-bond donors (Lipinski definition) is 1. The maximum atomic E-state index is 12.6. The third-order valence-corrected chi connectivity index (χ3v) is 5.21. The summed E-state index contributed by atoms with van der Waals surface area (Å²) >= 11 is 0. The number of benzene rings is 1. The molecule has 1 unspecified atom stereocenters. The van der Waals surface area contributed by atoms with Crippen molar-refractivity contribution in [2.75, 3.05) is 38.0 Å². The van der Waals surface area contributed by atoms with Crippen LogP contribution in [-0.4, -0.2) is 64.1 Å². The molecule has 0 saturated carbocycles. The minimum absolute atomic E-state index is 0.0200. The number of nitrogens with zero attached hydrogens (tertiary/aromatic N) is 4. The van der Waals surface area contributed by atoms with E-state index in [9.17, 15) is 9.59 Å². The van der Waals surface area contributed by atoms with Crippen molar-refractivity contribution in [2.45, 2.75) is 26.8 Å². The Kier molecular flexibility index (Phi) is 5.91. The van der Waals surface area contributed by atoms with Gasteiger partial charge in [-0.1, -0.05) is 12.1 Å². The van der Waals surface area contributed by atoms with Crippen molar-refractivity contribution in [2.24, 2.45) is 0 Å². The number of hydrogen-bond acceptors (Lipinski definition) is 4. The summed E-state index contributed by atoms with van der Waals surface area (Å²) in [6.45, 7) is 8.88. The fraction of sp³-hybridized carbons (Fsp3) is 0.450. The highest BCUT2D eigenvalue weighted by Gasteiger charge is 2.26. The lowest BCUT2D eigenvalue weighted by atomic mass is 10.1. The van der Waals surface area contributed by atoms with Crippen LogP contribution in [0.1, 0.15) is 24.1 Å². The van der Waals surface area contributed by atoms with Gasteiger partial charge in [-0.05, 0) is 44.0 Å². The zero-order valence-corrected chi connectivity index (χ0v) is 16.2. The van der Waals surface area contributed by atoms with Crippen LogP contribution in [-0.2, 0) is 9.59 Å². The van der Waals surface area contributed by atoms with Gasteiger partial charge in [-0.3, -0.25) is 19.2 Å². The second kappa shape index (κ2) is 8.35. The Balaban J connectivity index is 1.48. The van der Waals surface area contributed by atoms with Crippen LogP contribution in [0.4, 0.5) is 5.69 Å². The van der Waals surface area contributed by atoms with E-state index in [-0.39, 0.29) is 17.9 Å². The standard InChI is InChI=1S/C20H27N5O2/c1-15-6-4-7-18(16(15)2)22-19(26)14-23-10-12-24(13-11-23)20(27)17(3)25-9-5-8-21-25/h4-9,17H,10-14H2,1-3H3,(H,22,26). The molecule has 2 amide bonds. The van der Waals surface area contributed by atoms with Gasteiger partial charge in [0.2, 0.25) is 11.8 Å². The third-order valence-electron chi connectivity index (χ3n) is 5.21. The molecule has 0 radical (unpaired) electrons. The Hall–Kier alpha value is -2.67. The molecule has 1 fully saturated rings. The summed E-state index contributed by atoms with van der Waals surface area (Å²) < 4.78 is 1.67. The molecule has 1 N–H and O–H groups in total. The minimum atomic E-state index is -0.306. The number of carbonyl (C=O) groups excluding carboxylic acids is 2. The molecule has 1 atom stereocenters. The van der Waals surface area contributed by atoms with Crippen LogP contribution in [0.15, 0.2) is 36.7 Å². The second-order valence-corrected chi connectivity index (χ2v) is 7.06. The summed E-state index contributed by atoms with van der Waals surface area (Å²) in [5, 5.41) is 7.14. The molecule has 144 valence electrons. The molecule has 0 aliphatic carbocycles. The molecule has 0 bridgehead atoms. The van der Waals surface area contributed by atoms with Gasteiger partial charge in [-0.15, -0.1) is 0 Å². The van der Waals surface area contributed by atoms with Crippen molar-refractivity contribution in [3.05, 3.63) is 47.8 Å². The highest BCUT2D eigenvalue weighted by Crippen LogP contribution is 2.18. The summed E-state index contributed by atoms with van der Waals surface area (Å²) in [7, 11) is 0. The SMILES string of the molecule is Cc1cccc(NC(=O)CN2CCN(C(=O)C(C)n3cccn3)CC2)c1C. The van der Waals surface area contributed by atoms with Gasteiger partial charge < -0.3 is 10.2 Å². The maximum absolute atomic E-state index is 12.6. The predicted molar refractivity (Wildman–Crippen MR) is 105 cm³/mol. The van der Waals surface area contributed by atoms with Gasteiger partial charge in [-0.25, -0.2) is 0 Å². The van der Waals surface area contributed by atoms with Crippen LogP contribution in [0.5, 0.6) is 0 Å². The summed E-state index contributed by atoms with van der Waals surface area (Å²) in [6.07, 6.45) is 3.48. The van der Waals surface area contributed by atoms with Crippen LogP contribution < -0.4 is 5.32 Å². The van der Waals surface area contributed by atoms with E-state index in [4.69, 9.17) is 0 Å². The van der Waals surface area contributed by atoms with Gasteiger partial charge >= 0.3 is 0 Å². The lowest BCUT2D eigenvalue weighted by Crippen LogP contribution is -2.51. The van der Waals surface area contributed by atoms with E-state index >= 15 is 0 Å². The van der Waals surface area contributed by atoms with Crippen LogP contribution in [0.2, 0.25) is 0 Å². The van der Waals surface area contributed by atoms with Gasteiger partial charge in [0.05, 0.1) is 6.54 Å². The highest BCUT2D eigenvalue weighted by atomic mass is 16.2. The van der Waals surface area contributed by atoms with Crippen LogP contribution in [0, 0.1) is 13.8 Å². The molecule has 0 spiro atoms. The average molecular weight is 369 g/mol. The molecule has 3 rings (SSSR count). The zero-order chi connectivity index (χ0) is 19.4. The van der Waals surface area contributed by atoms with Gasteiger partial charge in [-0.2, -0.15) is 5.10 Å². The van der Waals surface area contributed by atoms with Gasteiger partial charge in [0.1, 0.15) is 6.04 Å². The van der Waals surface area contributed by atoms with Crippen molar-refractivity contribution in [3.8, 4) is 0 Å². The van der Waals surface area contributed by atoms with Gasteiger partial charge in [0.15, 0.2) is 0 Å². The lowest BCUT2D eigenvalue weighted by Gasteiger charge is -2.35. The van der Waals surface area contributed by atoms with Crippen molar-refractivity contribution < 1.29 is 9.59 Å². The fourth-order valence-electron chi connectivity index (χ4n) is 3.29. The molecule has 1 aromatic heterocycles. The molecule has 2 aromatic rings. The fourth-order valence-corrected chi connectivity index (χ4v) is 3.29. The van der Waals surface area contributed by atoms with E-state index in [1.54, 1.807) is 17.1 Å². The van der Waals surface area contributed by atoms with E-state index in [1.807, 2.05) is 49.9 Å². The molecule has 1 saturated heterocycles. The zero-order valence-electron chi connectivity index (χ0n) is 16.2. The first-order valence-corrected chi connectivity index (χ1v) is 9.32. The third kappa shape index (κ3) is 4.54. The van der Waals surface area contributed by atoms with Crippen molar-refractivity contribution >= 4 is 17.5 Å². The Morgan fingerprint density at radius 2 is 1.89 bits per heavy atom. The number of rotatable bonds is 5. The summed E-state index contributed by atoms with van der Waals surface area (Å²) in [4.78, 5) is 28.9. The quantitative estimate of drug-likeness (QED) is 0.873. The van der Waals surface area contributed by atoms with Crippen molar-refractivity contribution in [1.29, 1.82) is 0 Å². The maximum Gasteiger partial charge on any atom is 0.247 e. The number of anilines is 1. The number of aryl methyl sites for hydroxylation is 1. The highest BCUT2D eigenvalue weighted by molar-refractivity contribution is 5.93. The van der Waals surface area contributed by atoms with Gasteiger partial charge in [0, 0.05) is 44.3 Å². The first-order valence-electron chi connectivity index (χ1n) is 9.32. The van der Waals surface area contributed by atoms with Crippen LogP contribution in [0.25, 0.3) is 0 Å². The Morgan fingerprint density at radius 1 is 1.15 bits per heavy atom. The first kappa shape index (κ1) is 19.1. The van der Waals surface area contributed by atoms with E-state index in [0.29, 0.717) is 32.7 Å². The molecule has 7 nitrogen and oxygen atoms in total. The number of carbonyl (C=O) groups is 2. The number of aromatic nitrogens is 2. The van der Waals surface area contributed by atoms with E-state index in [0.717, 1.165) is 16.8 Å².